The number of nitrogens with zero attached hydrogens (tertiary/aromatic N) is 5. The minimum absolute atomic E-state index is 0.00299. The first kappa shape index (κ1) is 29.9. The van der Waals surface area contributed by atoms with Crippen LogP contribution in [0.1, 0.15) is 39.3 Å². The topological polar surface area (TPSA) is 171 Å². The van der Waals surface area contributed by atoms with Crippen LogP contribution in [0.2, 0.25) is 0 Å². The van der Waals surface area contributed by atoms with Crippen molar-refractivity contribution in [1.82, 2.24) is 24.4 Å². The summed E-state index contributed by atoms with van der Waals surface area (Å²) in [4.78, 5) is 36.2. The number of ether oxygens (including phenoxy) is 1. The fourth-order valence-corrected chi connectivity index (χ4v) is 9.64. The number of amides is 2. The quantitative estimate of drug-likeness (QED) is 0.154. The van der Waals surface area contributed by atoms with Crippen LogP contribution in [0.4, 0.5) is 0 Å². The molecule has 3 aromatic rings. The molecule has 0 radical (unpaired) electrons. The number of thiazole rings is 1. The van der Waals surface area contributed by atoms with Crippen LogP contribution in [-0.4, -0.2) is 108 Å². The van der Waals surface area contributed by atoms with Crippen LogP contribution < -0.4 is 11.1 Å². The number of benzene rings is 1. The van der Waals surface area contributed by atoms with E-state index in [2.05, 4.69) is 22.4 Å². The molecule has 6 rings (SSSR count). The van der Waals surface area contributed by atoms with Crippen molar-refractivity contribution >= 4 is 60.4 Å². The van der Waals surface area contributed by atoms with Crippen molar-refractivity contribution in [2.75, 3.05) is 45.9 Å². The van der Waals surface area contributed by atoms with Gasteiger partial charge in [-0.25, -0.2) is 13.4 Å². The van der Waals surface area contributed by atoms with E-state index in [9.17, 15) is 18.0 Å². The maximum absolute atomic E-state index is 13.9. The summed E-state index contributed by atoms with van der Waals surface area (Å²) in [5, 5.41) is 16.4. The molecule has 2 aromatic heterocycles. The van der Waals surface area contributed by atoms with E-state index in [4.69, 9.17) is 15.7 Å². The number of fused-ring (bicyclic) bond motifs is 2. The van der Waals surface area contributed by atoms with Crippen LogP contribution in [0.5, 0.6) is 0 Å². The molecule has 0 aliphatic carbocycles. The summed E-state index contributed by atoms with van der Waals surface area (Å²) in [7, 11) is -3.94. The average molecular weight is 648 g/mol. The lowest BCUT2D eigenvalue weighted by atomic mass is 10.1. The van der Waals surface area contributed by atoms with Gasteiger partial charge in [-0.3, -0.25) is 9.59 Å². The third-order valence-corrected chi connectivity index (χ3v) is 12.6. The van der Waals surface area contributed by atoms with Crippen molar-refractivity contribution in [1.29, 1.82) is 0 Å². The number of thiophene rings is 1. The van der Waals surface area contributed by atoms with E-state index in [-0.39, 0.29) is 54.0 Å². The summed E-state index contributed by atoms with van der Waals surface area (Å²) in [6.07, 6.45) is 0.733. The van der Waals surface area contributed by atoms with Crippen LogP contribution in [-0.2, 0) is 32.5 Å². The standard InChI is InChI=1S/C27H33N7O6S3/c1-16-10-20-22(14-29-16)42-26(30-20)27(36)34-5-4-33(15-19(34)13-23(35)32-6-8-40-9-7-32)43(38,39)24-12-18-11-17(25(28)31-37)2-3-21(18)41-24/h2-3,11-12,16,19,29,37H,4-10,13-15H2,1H3,(H2,28,31). The number of piperazine rings is 1. The lowest BCUT2D eigenvalue weighted by molar-refractivity contribution is -0.136. The van der Waals surface area contributed by atoms with E-state index in [1.54, 1.807) is 34.1 Å². The number of carbonyl (C=O) groups excluding carboxylic acids is 2. The summed E-state index contributed by atoms with van der Waals surface area (Å²) in [5.41, 5.74) is 7.11. The number of hydrogen-bond donors (Lipinski definition) is 3. The Labute approximate surface area is 257 Å². The van der Waals surface area contributed by atoms with Crippen molar-refractivity contribution in [2.45, 2.75) is 42.6 Å². The van der Waals surface area contributed by atoms with Gasteiger partial charge < -0.3 is 30.8 Å². The van der Waals surface area contributed by atoms with Crippen molar-refractivity contribution in [2.24, 2.45) is 10.9 Å². The molecule has 3 aliphatic heterocycles. The smallest absolute Gasteiger partial charge is 0.283 e. The van der Waals surface area contributed by atoms with Gasteiger partial charge in [0, 0.05) is 73.3 Å². The second kappa shape index (κ2) is 12.1. The zero-order valence-electron chi connectivity index (χ0n) is 23.6. The van der Waals surface area contributed by atoms with Gasteiger partial charge in [-0.15, -0.1) is 22.7 Å². The first-order valence-electron chi connectivity index (χ1n) is 14.0. The van der Waals surface area contributed by atoms with Crippen LogP contribution in [0, 0.1) is 0 Å². The Morgan fingerprint density at radius 1 is 1.19 bits per heavy atom. The zero-order chi connectivity index (χ0) is 30.3. The second-order valence-corrected chi connectivity index (χ2v) is 15.2. The van der Waals surface area contributed by atoms with Crippen molar-refractivity contribution in [3.63, 3.8) is 0 Å². The van der Waals surface area contributed by atoms with Gasteiger partial charge in [-0.05, 0) is 36.6 Å². The number of rotatable bonds is 6. The lowest BCUT2D eigenvalue weighted by Gasteiger charge is -2.41. The molecule has 0 bridgehead atoms. The Balaban J connectivity index is 1.27. The Kier molecular flexibility index (Phi) is 8.41. The normalized spacial score (nSPS) is 22.1. The van der Waals surface area contributed by atoms with Crippen molar-refractivity contribution in [3.05, 3.63) is 45.4 Å². The molecule has 2 unspecified atom stereocenters. The fourth-order valence-electron chi connectivity index (χ4n) is 5.65. The van der Waals surface area contributed by atoms with Gasteiger partial charge in [0.05, 0.1) is 24.9 Å². The monoisotopic (exact) mass is 647 g/mol. The Bertz CT molecular complexity index is 1680. The highest BCUT2D eigenvalue weighted by Crippen LogP contribution is 2.33. The van der Waals surface area contributed by atoms with E-state index in [0.717, 1.165) is 33.0 Å². The number of aromatic nitrogens is 1. The van der Waals surface area contributed by atoms with Crippen molar-refractivity contribution in [3.8, 4) is 0 Å². The van der Waals surface area contributed by atoms with Gasteiger partial charge in [0.15, 0.2) is 10.8 Å². The highest BCUT2D eigenvalue weighted by Gasteiger charge is 2.40. The van der Waals surface area contributed by atoms with Crippen molar-refractivity contribution < 1.29 is 28.0 Å². The summed E-state index contributed by atoms with van der Waals surface area (Å²) in [6.45, 7) is 4.74. The first-order valence-corrected chi connectivity index (χ1v) is 17.1. The largest absolute Gasteiger partial charge is 0.409 e. The molecular weight excluding hydrogens is 615 g/mol. The highest BCUT2D eigenvalue weighted by atomic mass is 32.2. The molecule has 16 heteroatoms. The van der Waals surface area contributed by atoms with Crippen LogP contribution in [0.15, 0.2) is 33.6 Å². The second-order valence-electron chi connectivity index (χ2n) is 10.9. The average Bonchev–Trinajstić information content (AvgIpc) is 3.65. The third-order valence-electron chi connectivity index (χ3n) is 8.04. The van der Waals surface area contributed by atoms with E-state index in [1.807, 2.05) is 0 Å². The fraction of sp³-hybridized carbons (Fsp3) is 0.481. The van der Waals surface area contributed by atoms with Crippen LogP contribution in [0.3, 0.4) is 0 Å². The third kappa shape index (κ3) is 5.99. The number of sulfonamides is 1. The molecule has 2 fully saturated rings. The predicted molar refractivity (Wildman–Crippen MR) is 162 cm³/mol. The molecule has 5 heterocycles. The van der Waals surface area contributed by atoms with Gasteiger partial charge in [0.1, 0.15) is 4.21 Å². The Hall–Kier alpha value is -3.15. The van der Waals surface area contributed by atoms with E-state index in [1.165, 1.54) is 15.6 Å². The number of hydrogen-bond acceptors (Lipinski definition) is 11. The Morgan fingerprint density at radius 3 is 2.74 bits per heavy atom. The minimum Gasteiger partial charge on any atom is -0.409 e. The Morgan fingerprint density at radius 2 is 1.98 bits per heavy atom. The lowest BCUT2D eigenvalue weighted by Crippen LogP contribution is -2.58. The summed E-state index contributed by atoms with van der Waals surface area (Å²) < 4.78 is 35.4. The molecule has 2 amide bonds. The number of amidine groups is 1. The number of morpholine rings is 1. The van der Waals surface area contributed by atoms with Gasteiger partial charge >= 0.3 is 0 Å². The van der Waals surface area contributed by atoms with E-state index in [0.29, 0.717) is 48.8 Å². The first-order chi connectivity index (χ1) is 20.6. The van der Waals surface area contributed by atoms with E-state index >= 15 is 0 Å². The van der Waals surface area contributed by atoms with Gasteiger partial charge in [0.2, 0.25) is 5.91 Å². The summed E-state index contributed by atoms with van der Waals surface area (Å²) >= 11 is 2.48. The van der Waals surface area contributed by atoms with Gasteiger partial charge in [-0.2, -0.15) is 4.31 Å². The summed E-state index contributed by atoms with van der Waals surface area (Å²) in [5.74, 6) is -0.487. The number of nitrogens with two attached hydrogens (primary N) is 1. The maximum atomic E-state index is 13.9. The SMILES string of the molecule is CC1Cc2nc(C(=O)N3CCN(S(=O)(=O)c4cc5cc(C(N)=NO)ccc5s4)CC3CC(=O)N3CCOCC3)sc2CN1. The minimum atomic E-state index is -3.94. The molecule has 0 saturated carbocycles. The van der Waals surface area contributed by atoms with Gasteiger partial charge in [-0.1, -0.05) is 5.16 Å². The molecule has 230 valence electrons. The number of oxime groups is 1. The highest BCUT2D eigenvalue weighted by molar-refractivity contribution is 7.91. The number of nitrogens with one attached hydrogen (secondary N) is 1. The zero-order valence-corrected chi connectivity index (χ0v) is 26.0. The molecule has 4 N–H and O–H groups in total. The molecule has 2 saturated heterocycles. The van der Waals surface area contributed by atoms with Gasteiger partial charge in [0.25, 0.3) is 15.9 Å². The maximum Gasteiger partial charge on any atom is 0.283 e. The molecule has 3 aliphatic rings. The molecular formula is C27H33N7O6S3. The molecule has 1 aromatic carbocycles. The molecule has 13 nitrogen and oxygen atoms in total. The molecule has 2 atom stereocenters. The van der Waals surface area contributed by atoms with E-state index < -0.39 is 16.1 Å². The number of carbonyl (C=O) groups is 2. The molecule has 43 heavy (non-hydrogen) atoms. The summed E-state index contributed by atoms with van der Waals surface area (Å²) in [6, 6.07) is 6.25. The predicted octanol–water partition coefficient (Wildman–Crippen LogP) is 1.25. The van der Waals surface area contributed by atoms with Crippen LogP contribution in [0.25, 0.3) is 10.1 Å². The molecule has 0 spiro atoms. The van der Waals surface area contributed by atoms with Crippen LogP contribution >= 0.6 is 22.7 Å².